The van der Waals surface area contributed by atoms with Gasteiger partial charge in [0.15, 0.2) is 17.3 Å². The molecule has 17 nitrogen and oxygen atoms in total. The zero-order chi connectivity index (χ0) is 23.4. The van der Waals surface area contributed by atoms with E-state index in [2.05, 4.69) is 23.1 Å². The van der Waals surface area contributed by atoms with Crippen LogP contribution in [0.4, 0.5) is 0 Å². The van der Waals surface area contributed by atoms with Gasteiger partial charge in [-0.2, -0.15) is 8.62 Å². The lowest BCUT2D eigenvalue weighted by atomic mass is 10.2. The van der Waals surface area contributed by atoms with Crippen LogP contribution in [-0.2, 0) is 38.6 Å². The van der Waals surface area contributed by atoms with E-state index in [4.69, 9.17) is 26.7 Å². The molecular weight excluding hydrogens is 509 g/mol. The van der Waals surface area contributed by atoms with E-state index in [0.717, 1.165) is 0 Å². The second-order valence-corrected chi connectivity index (χ2v) is 10.9. The third-order valence-electron chi connectivity index (χ3n) is 3.84. The van der Waals surface area contributed by atoms with E-state index in [9.17, 15) is 33.7 Å². The van der Waals surface area contributed by atoms with Gasteiger partial charge in [-0.15, -0.1) is 0 Å². The largest absolute Gasteiger partial charge is 0.490 e. The number of fused-ring (bicyclic) bond motifs is 1. The fourth-order valence-corrected chi connectivity index (χ4v) is 6.16. The molecule has 21 heteroatoms. The van der Waals surface area contributed by atoms with Crippen molar-refractivity contribution in [1.29, 1.82) is 0 Å². The van der Waals surface area contributed by atoms with Crippen molar-refractivity contribution in [2.24, 2.45) is 7.05 Å². The van der Waals surface area contributed by atoms with Crippen molar-refractivity contribution >= 4 is 46.8 Å². The Morgan fingerprint density at radius 3 is 2.42 bits per heavy atom. The number of aliphatic hydroxyl groups is 2. The Kier molecular flexibility index (Phi) is 6.73. The van der Waals surface area contributed by atoms with E-state index in [1.54, 1.807) is 7.05 Å². The van der Waals surface area contributed by atoms with Gasteiger partial charge in [0.25, 0.3) is 5.65 Å². The molecule has 1 aliphatic heterocycles. The lowest BCUT2D eigenvalue weighted by Crippen LogP contribution is -2.45. The Hall–Kier alpha value is -0.940. The number of aromatic amines is 1. The zero-order valence-electron chi connectivity index (χ0n) is 15.1. The molecule has 0 aromatic carbocycles. The molecule has 1 aliphatic rings. The average Bonchev–Trinajstić information content (AvgIpc) is 3.04. The molecule has 0 radical (unpaired) electrons. The summed E-state index contributed by atoms with van der Waals surface area (Å²) in [6.07, 6.45) is -4.48. The molecule has 1 fully saturated rings. The lowest BCUT2D eigenvalue weighted by molar-refractivity contribution is -0.747. The van der Waals surface area contributed by atoms with E-state index in [-0.39, 0.29) is 4.64 Å². The highest BCUT2D eigenvalue weighted by atomic mass is 32.1. The second kappa shape index (κ2) is 8.44. The summed E-state index contributed by atoms with van der Waals surface area (Å²) in [6.45, 7) is 0. The van der Waals surface area contributed by atoms with Gasteiger partial charge >= 0.3 is 23.5 Å². The van der Waals surface area contributed by atoms with E-state index in [0.29, 0.717) is 11.2 Å². The molecule has 7 N–H and O–H groups in total. The van der Waals surface area contributed by atoms with E-state index < -0.39 is 48.2 Å². The number of ether oxygens (including phenoxy) is 1. The summed E-state index contributed by atoms with van der Waals surface area (Å²) < 4.78 is 53.9. The maximum absolute atomic E-state index is 12.0. The summed E-state index contributed by atoms with van der Waals surface area (Å²) in [6, 6.07) is 0. The minimum absolute atomic E-state index is 0.202. The van der Waals surface area contributed by atoms with Crippen LogP contribution in [0, 0.1) is 4.64 Å². The highest BCUT2D eigenvalue weighted by molar-refractivity contribution is 7.71. The number of aromatic nitrogens is 4. The van der Waals surface area contributed by atoms with Crippen molar-refractivity contribution in [1.82, 2.24) is 14.5 Å². The van der Waals surface area contributed by atoms with Gasteiger partial charge in [0.1, 0.15) is 12.2 Å². The van der Waals surface area contributed by atoms with Crippen LogP contribution in [0.3, 0.4) is 0 Å². The van der Waals surface area contributed by atoms with Crippen LogP contribution in [-0.4, -0.2) is 62.8 Å². The van der Waals surface area contributed by atoms with Crippen LogP contribution < -0.4 is 4.57 Å². The fraction of sp³-hybridized carbons (Fsp3) is 0.500. The van der Waals surface area contributed by atoms with Crippen LogP contribution in [0.2, 0.25) is 0 Å². The predicted octanol–water partition coefficient (Wildman–Crippen LogP) is -1.16. The molecule has 0 bridgehead atoms. The highest BCUT2D eigenvalue weighted by Crippen LogP contribution is 2.66. The first-order valence-electron chi connectivity index (χ1n) is 7.88. The molecule has 0 spiro atoms. The van der Waals surface area contributed by atoms with Gasteiger partial charge < -0.3 is 34.5 Å². The van der Waals surface area contributed by atoms with Gasteiger partial charge in [-0.1, -0.05) is 12.2 Å². The zero-order valence-corrected chi connectivity index (χ0v) is 18.6. The van der Waals surface area contributed by atoms with Crippen LogP contribution in [0.25, 0.3) is 11.2 Å². The average molecular weight is 525 g/mol. The van der Waals surface area contributed by atoms with E-state index in [1.807, 2.05) is 0 Å². The predicted molar refractivity (Wildman–Crippen MR) is 97.0 cm³/mol. The maximum Gasteiger partial charge on any atom is 0.490 e. The molecule has 2 aromatic heterocycles. The Bertz CT molecular complexity index is 1190. The minimum atomic E-state index is -5.77. The standard InChI is InChI=1S/C10H15N4O13P3S/c1-13-3-14(7-4(13)8(31)12-2-11-7)9-5(15)6(16)10(24-9)25-29(20,21)27-30(22,23)26-28(17,18)19/h2-3,5-6,9-10,15-16H,1H3,(H4-,11,12,17,18,19,20,21,22,23,31)/p+1. The smallest absolute Gasteiger partial charge is 0.385 e. The number of nitrogens with zero attached hydrogens (tertiary/aromatic N) is 3. The molecule has 2 aromatic rings. The van der Waals surface area contributed by atoms with Gasteiger partial charge in [0.2, 0.25) is 18.0 Å². The first-order valence-corrected chi connectivity index (χ1v) is 12.8. The lowest BCUT2D eigenvalue weighted by Gasteiger charge is -2.20. The maximum atomic E-state index is 12.0. The van der Waals surface area contributed by atoms with Crippen molar-refractivity contribution in [3.63, 3.8) is 0 Å². The Morgan fingerprint density at radius 1 is 1.16 bits per heavy atom. The number of imidazole rings is 1. The number of nitrogens with one attached hydrogen (secondary N) is 1. The molecule has 31 heavy (non-hydrogen) atoms. The topological polar surface area (TPSA) is 247 Å². The molecule has 1 saturated heterocycles. The van der Waals surface area contributed by atoms with Crippen LogP contribution >= 0.6 is 35.7 Å². The number of hydrogen-bond donors (Lipinski definition) is 7. The molecular formula is C10H16N4O13P3S+. The molecule has 6 unspecified atom stereocenters. The normalized spacial score (nSPS) is 28.5. The summed E-state index contributed by atoms with van der Waals surface area (Å²) in [5.41, 5.74) is 0.733. The molecule has 6 atom stereocenters. The van der Waals surface area contributed by atoms with Crippen LogP contribution in [0.5, 0.6) is 0 Å². The summed E-state index contributed by atoms with van der Waals surface area (Å²) in [5.74, 6) is 0. The molecule has 0 amide bonds. The summed E-state index contributed by atoms with van der Waals surface area (Å²) in [4.78, 5) is 42.5. The summed E-state index contributed by atoms with van der Waals surface area (Å²) >= 11 is 5.12. The molecule has 3 heterocycles. The Morgan fingerprint density at radius 2 is 1.81 bits per heavy atom. The second-order valence-electron chi connectivity index (χ2n) is 6.11. The number of phosphoric ester groups is 1. The van der Waals surface area contributed by atoms with Crippen LogP contribution in [0.15, 0.2) is 12.7 Å². The summed E-state index contributed by atoms with van der Waals surface area (Å²) in [5, 5.41) is 20.4. The minimum Gasteiger partial charge on any atom is -0.385 e. The van der Waals surface area contributed by atoms with E-state index >= 15 is 0 Å². The fourth-order valence-electron chi connectivity index (χ4n) is 2.77. The first-order chi connectivity index (χ1) is 14.1. The van der Waals surface area contributed by atoms with Gasteiger partial charge in [0.05, 0.1) is 7.05 Å². The van der Waals surface area contributed by atoms with Crippen molar-refractivity contribution < 1.29 is 65.9 Å². The number of aryl methyl sites for hydroxylation is 1. The van der Waals surface area contributed by atoms with Gasteiger partial charge in [-0.05, 0) is 0 Å². The number of phosphoric acid groups is 3. The molecule has 0 aliphatic carbocycles. The quantitative estimate of drug-likeness (QED) is 0.128. The Labute approximate surface area is 176 Å². The summed E-state index contributed by atoms with van der Waals surface area (Å²) in [7, 11) is -15.3. The van der Waals surface area contributed by atoms with Gasteiger partial charge in [-0.3, -0.25) is 14.1 Å². The third-order valence-corrected chi connectivity index (χ3v) is 7.94. The molecule has 174 valence electrons. The molecule has 3 rings (SSSR count). The number of H-pyrrole nitrogens is 1. The van der Waals surface area contributed by atoms with Crippen molar-refractivity contribution in [2.45, 2.75) is 24.7 Å². The van der Waals surface area contributed by atoms with Gasteiger partial charge in [-0.25, -0.2) is 23.2 Å². The molecule has 0 saturated carbocycles. The SMILES string of the molecule is Cn1c[n+](C2OC(OP(=O)(O)OP(=O)(O)OP(=O)(O)O)C(O)C2O)c2[nH]cnc(=S)c21. The monoisotopic (exact) mass is 525 g/mol. The van der Waals surface area contributed by atoms with Gasteiger partial charge in [0, 0.05) is 0 Å². The number of aliphatic hydroxyl groups excluding tert-OH is 2. The highest BCUT2D eigenvalue weighted by Gasteiger charge is 2.51. The first kappa shape index (κ1) is 24.7. The van der Waals surface area contributed by atoms with Crippen molar-refractivity contribution in [3.8, 4) is 0 Å². The van der Waals surface area contributed by atoms with Crippen LogP contribution in [0.1, 0.15) is 6.23 Å². The van der Waals surface area contributed by atoms with Crippen molar-refractivity contribution in [2.75, 3.05) is 0 Å². The van der Waals surface area contributed by atoms with Crippen molar-refractivity contribution in [3.05, 3.63) is 17.3 Å². The third kappa shape index (κ3) is 5.52. The Balaban J connectivity index is 1.82. The number of rotatable bonds is 7. The van der Waals surface area contributed by atoms with E-state index in [1.165, 1.54) is 21.8 Å². The number of hydrogen-bond acceptors (Lipinski definition) is 11.